The molecule has 2 bridgehead atoms. The van der Waals surface area contributed by atoms with Gasteiger partial charge in [-0.1, -0.05) is 22.9 Å². The predicted octanol–water partition coefficient (Wildman–Crippen LogP) is 0.404. The second-order valence-electron chi connectivity index (χ2n) is 3.05. The fraction of sp³-hybridized carbons (Fsp3) is 1.00. The van der Waals surface area contributed by atoms with E-state index in [-0.39, 0.29) is 5.92 Å². The average Bonchev–Trinajstić information content (AvgIpc) is 2.13. The Morgan fingerprint density at radius 1 is 1.45 bits per heavy atom. The minimum absolute atomic E-state index is 0.0523. The van der Waals surface area contributed by atoms with Crippen LogP contribution < -0.4 is 0 Å². The monoisotopic (exact) mass is 181 g/mol. The third-order valence-corrected chi connectivity index (χ3v) is 3.18. The summed E-state index contributed by atoms with van der Waals surface area (Å²) in [5.74, 6) is -1.63. The molecule has 0 spiro atoms. The van der Waals surface area contributed by atoms with E-state index in [9.17, 15) is 5.11 Å². The Hall–Kier alpha value is 0.230. The maximum Gasteiger partial charge on any atom is 0.584 e. The molecule has 3 fully saturated rings. The van der Waals surface area contributed by atoms with Gasteiger partial charge >= 0.3 is 14.1 Å². The van der Waals surface area contributed by atoms with E-state index in [1.54, 1.807) is 0 Å². The zero-order chi connectivity index (χ0) is 8.28. The van der Waals surface area contributed by atoms with Crippen molar-refractivity contribution in [2.75, 3.05) is 0 Å². The maximum atomic E-state index is 9.35. The van der Waals surface area contributed by atoms with Crippen molar-refractivity contribution in [2.45, 2.75) is 25.9 Å². The van der Waals surface area contributed by atoms with Gasteiger partial charge in [-0.15, -0.1) is 4.52 Å². The summed E-state index contributed by atoms with van der Waals surface area (Å²) in [6.07, 6.45) is -0.569. The third kappa shape index (κ3) is 0.935. The molecule has 1 unspecified atom stereocenters. The minimum Gasteiger partial charge on any atom is -0.336 e. The Labute approximate surface area is 64.5 Å². The average molecular weight is 181 g/mol. The highest BCUT2D eigenvalue weighted by Gasteiger charge is 2.84. The molecular formula is C5H10O5P+. The summed E-state index contributed by atoms with van der Waals surface area (Å²) in [5, 5.41) is 9.35. The molecule has 3 saturated heterocycles. The van der Waals surface area contributed by atoms with E-state index in [2.05, 4.69) is 9.05 Å². The summed E-state index contributed by atoms with van der Waals surface area (Å²) in [6, 6.07) is 0. The quantitative estimate of drug-likeness (QED) is 0.573. The van der Waals surface area contributed by atoms with Gasteiger partial charge in [-0.3, -0.25) is 0 Å². The molecule has 0 aromatic carbocycles. The lowest BCUT2D eigenvalue weighted by Crippen LogP contribution is -2.46. The Morgan fingerprint density at radius 2 is 2.00 bits per heavy atom. The first-order valence-corrected chi connectivity index (χ1v) is 4.89. The first-order valence-electron chi connectivity index (χ1n) is 3.39. The van der Waals surface area contributed by atoms with Gasteiger partial charge in [0.25, 0.3) is 0 Å². The summed E-state index contributed by atoms with van der Waals surface area (Å²) >= 11 is 0. The van der Waals surface area contributed by atoms with E-state index in [0.717, 1.165) is 0 Å². The second kappa shape index (κ2) is 1.93. The zero-order valence-corrected chi connectivity index (χ0v) is 7.12. The van der Waals surface area contributed by atoms with Gasteiger partial charge in [0, 0.05) is 0 Å². The minimum atomic E-state index is -3.08. The van der Waals surface area contributed by atoms with Crippen LogP contribution in [0.4, 0.5) is 0 Å². The van der Waals surface area contributed by atoms with Crippen LogP contribution in [0.15, 0.2) is 0 Å². The highest BCUT2D eigenvalue weighted by molar-refractivity contribution is 7.57. The summed E-state index contributed by atoms with van der Waals surface area (Å²) in [7, 11) is -3.08. The molecule has 0 aliphatic carbocycles. The molecule has 0 aromatic rings. The van der Waals surface area contributed by atoms with Crippen LogP contribution in [0, 0.1) is 5.92 Å². The van der Waals surface area contributed by atoms with Crippen molar-refractivity contribution in [3.8, 4) is 0 Å². The van der Waals surface area contributed by atoms with Crippen molar-refractivity contribution in [3.63, 3.8) is 0 Å². The number of fused-ring (bicyclic) bond motifs is 1. The second-order valence-corrected chi connectivity index (χ2v) is 4.56. The standard InChI is InChI=1S/C5H10O5P/c1-3(2)4-5(6)9-11(7,8-4)10-5/h3-4,6-7H,1-2H3/q+1. The molecule has 3 heterocycles. The molecule has 64 valence electrons. The van der Waals surface area contributed by atoms with E-state index in [1.165, 1.54) is 0 Å². The highest BCUT2D eigenvalue weighted by atomic mass is 31.2. The molecule has 0 amide bonds. The first kappa shape index (κ1) is 7.86. The van der Waals surface area contributed by atoms with Crippen LogP contribution in [-0.4, -0.2) is 22.1 Å². The zero-order valence-electron chi connectivity index (χ0n) is 6.22. The van der Waals surface area contributed by atoms with Gasteiger partial charge in [-0.2, -0.15) is 4.89 Å². The van der Waals surface area contributed by atoms with Gasteiger partial charge in [0.2, 0.25) is 6.10 Å². The predicted molar refractivity (Wildman–Crippen MR) is 36.0 cm³/mol. The molecule has 6 heteroatoms. The molecule has 11 heavy (non-hydrogen) atoms. The van der Waals surface area contributed by atoms with Crippen molar-refractivity contribution in [1.29, 1.82) is 0 Å². The summed E-state index contributed by atoms with van der Waals surface area (Å²) in [4.78, 5) is 9.13. The SMILES string of the molecule is CC(C)C1O[P+]2(O)OC1(O)O2. The van der Waals surface area contributed by atoms with Crippen molar-refractivity contribution in [2.24, 2.45) is 5.92 Å². The molecule has 1 atom stereocenters. The summed E-state index contributed by atoms with van der Waals surface area (Å²) in [5.41, 5.74) is 0. The Balaban J connectivity index is 2.16. The number of aliphatic hydroxyl groups is 1. The molecule has 3 aliphatic rings. The highest BCUT2D eigenvalue weighted by Crippen LogP contribution is 2.79. The molecule has 0 saturated carbocycles. The lowest BCUT2D eigenvalue weighted by molar-refractivity contribution is -0.334. The summed E-state index contributed by atoms with van der Waals surface area (Å²) in [6.45, 7) is 3.70. The topological polar surface area (TPSA) is 68.2 Å². The number of hydrogen-bond acceptors (Lipinski definition) is 5. The van der Waals surface area contributed by atoms with Gasteiger partial charge in [-0.25, -0.2) is 0 Å². The van der Waals surface area contributed by atoms with Crippen LogP contribution in [-0.2, 0) is 13.6 Å². The fourth-order valence-electron chi connectivity index (χ4n) is 1.24. The van der Waals surface area contributed by atoms with Crippen molar-refractivity contribution in [3.05, 3.63) is 0 Å². The van der Waals surface area contributed by atoms with E-state index < -0.39 is 20.2 Å². The van der Waals surface area contributed by atoms with Crippen LogP contribution >= 0.6 is 8.17 Å². The fourth-order valence-corrected chi connectivity index (χ4v) is 2.87. The van der Waals surface area contributed by atoms with Gasteiger partial charge in [0.15, 0.2) is 0 Å². The van der Waals surface area contributed by atoms with Crippen molar-refractivity contribution < 1.29 is 23.6 Å². The van der Waals surface area contributed by atoms with Gasteiger partial charge in [-0.05, 0) is 5.92 Å². The van der Waals surface area contributed by atoms with Gasteiger partial charge in [0.1, 0.15) is 0 Å². The van der Waals surface area contributed by atoms with Crippen LogP contribution in [0.5, 0.6) is 0 Å². The maximum absolute atomic E-state index is 9.35. The number of hydrogen-bond donors (Lipinski definition) is 2. The van der Waals surface area contributed by atoms with Gasteiger partial charge < -0.3 is 5.11 Å². The molecule has 3 aliphatic heterocycles. The molecule has 3 rings (SSSR count). The van der Waals surface area contributed by atoms with Gasteiger partial charge in [0.05, 0.1) is 0 Å². The molecule has 2 N–H and O–H groups in total. The van der Waals surface area contributed by atoms with Crippen LogP contribution in [0.25, 0.3) is 0 Å². The molecule has 5 nitrogen and oxygen atoms in total. The first-order chi connectivity index (χ1) is 4.95. The van der Waals surface area contributed by atoms with Crippen LogP contribution in [0.1, 0.15) is 13.8 Å². The molecule has 0 aromatic heterocycles. The Morgan fingerprint density at radius 3 is 2.18 bits per heavy atom. The third-order valence-electron chi connectivity index (χ3n) is 1.70. The number of rotatable bonds is 1. The van der Waals surface area contributed by atoms with Crippen LogP contribution in [0.2, 0.25) is 0 Å². The smallest absolute Gasteiger partial charge is 0.336 e. The normalized spacial score (nSPS) is 54.8. The lowest BCUT2D eigenvalue weighted by atomic mass is 10.1. The van der Waals surface area contributed by atoms with Crippen LogP contribution in [0.3, 0.4) is 0 Å². The van der Waals surface area contributed by atoms with E-state index in [4.69, 9.17) is 9.42 Å². The lowest BCUT2D eigenvalue weighted by Gasteiger charge is -2.24. The Kier molecular flexibility index (Phi) is 1.38. The largest absolute Gasteiger partial charge is 0.584 e. The van der Waals surface area contributed by atoms with E-state index in [0.29, 0.717) is 0 Å². The van der Waals surface area contributed by atoms with E-state index in [1.807, 2.05) is 13.8 Å². The van der Waals surface area contributed by atoms with E-state index >= 15 is 0 Å². The molecule has 0 radical (unpaired) electrons. The Bertz CT molecular complexity index is 187. The van der Waals surface area contributed by atoms with Crippen molar-refractivity contribution in [1.82, 2.24) is 0 Å². The van der Waals surface area contributed by atoms with Crippen molar-refractivity contribution >= 4 is 8.17 Å². The summed E-state index contributed by atoms with van der Waals surface area (Å²) < 4.78 is 14.3. The molecular weight excluding hydrogens is 171 g/mol.